The minimum absolute atomic E-state index is 0.0404. The molecule has 0 radical (unpaired) electrons. The van der Waals surface area contributed by atoms with E-state index in [0.717, 1.165) is 17.0 Å². The molecule has 9 heteroatoms. The van der Waals surface area contributed by atoms with Crippen molar-refractivity contribution in [1.29, 1.82) is 0 Å². The molecule has 0 bridgehead atoms. The second-order valence-electron chi connectivity index (χ2n) is 5.58. The van der Waals surface area contributed by atoms with Gasteiger partial charge in [0.2, 0.25) is 0 Å². The van der Waals surface area contributed by atoms with Gasteiger partial charge in [0.15, 0.2) is 11.7 Å². The number of rotatable bonds is 8. The number of nitrogens with zero attached hydrogens (tertiary/aromatic N) is 2. The van der Waals surface area contributed by atoms with Crippen molar-refractivity contribution in [1.82, 2.24) is 4.98 Å². The van der Waals surface area contributed by atoms with Crippen molar-refractivity contribution in [3.05, 3.63) is 64.0 Å². The van der Waals surface area contributed by atoms with Crippen molar-refractivity contribution in [2.24, 2.45) is 0 Å². The first kappa shape index (κ1) is 19.3. The summed E-state index contributed by atoms with van der Waals surface area (Å²) in [6.07, 6.45) is 0. The van der Waals surface area contributed by atoms with E-state index in [1.807, 2.05) is 36.6 Å². The monoisotopic (exact) mass is 399 g/mol. The lowest BCUT2D eigenvalue weighted by Crippen LogP contribution is -2.20. The highest BCUT2D eigenvalue weighted by Crippen LogP contribution is 2.26. The van der Waals surface area contributed by atoms with Crippen LogP contribution in [-0.2, 0) is 4.79 Å². The van der Waals surface area contributed by atoms with Gasteiger partial charge < -0.3 is 9.47 Å². The zero-order valence-corrected chi connectivity index (χ0v) is 15.8. The number of ether oxygens (including phenoxy) is 2. The van der Waals surface area contributed by atoms with Crippen LogP contribution < -0.4 is 14.8 Å². The second kappa shape index (κ2) is 8.96. The first-order chi connectivity index (χ1) is 13.5. The number of aromatic nitrogens is 1. The molecule has 0 fully saturated rings. The Bertz CT molecular complexity index is 954. The van der Waals surface area contributed by atoms with Crippen LogP contribution in [0.3, 0.4) is 0 Å². The van der Waals surface area contributed by atoms with Crippen LogP contribution in [0.4, 0.5) is 10.8 Å². The van der Waals surface area contributed by atoms with Crippen molar-refractivity contribution in [3.8, 4) is 22.8 Å². The molecular weight excluding hydrogens is 382 g/mol. The molecule has 1 N–H and O–H groups in total. The van der Waals surface area contributed by atoms with Crippen LogP contribution in [0.1, 0.15) is 6.92 Å². The van der Waals surface area contributed by atoms with Gasteiger partial charge in [-0.3, -0.25) is 20.2 Å². The number of hydrogen-bond acceptors (Lipinski definition) is 7. The second-order valence-corrected chi connectivity index (χ2v) is 6.44. The number of nitrogens with one attached hydrogen (secondary N) is 1. The Labute approximate surface area is 164 Å². The normalized spacial score (nSPS) is 10.3. The standard InChI is InChI=1S/C19H17N3O5S/c1-2-26-15-7-3-13(4-8-15)17-12-28-19(20-17)21-18(23)11-27-16-9-5-14(6-10-16)22(24)25/h3-10,12H,2,11H2,1H3,(H,20,21,23). The summed E-state index contributed by atoms with van der Waals surface area (Å²) in [7, 11) is 0. The number of carbonyl (C=O) groups is 1. The largest absolute Gasteiger partial charge is 0.494 e. The first-order valence-electron chi connectivity index (χ1n) is 8.41. The van der Waals surface area contributed by atoms with Crippen LogP contribution in [0.5, 0.6) is 11.5 Å². The van der Waals surface area contributed by atoms with E-state index in [1.165, 1.54) is 35.6 Å². The van der Waals surface area contributed by atoms with E-state index in [1.54, 1.807) is 0 Å². The molecule has 1 heterocycles. The summed E-state index contributed by atoms with van der Waals surface area (Å²) >= 11 is 1.31. The molecule has 0 aliphatic rings. The average Bonchev–Trinajstić information content (AvgIpc) is 3.16. The third kappa shape index (κ3) is 5.04. The molecule has 2 aromatic carbocycles. The summed E-state index contributed by atoms with van der Waals surface area (Å²) in [4.78, 5) is 26.5. The molecule has 28 heavy (non-hydrogen) atoms. The van der Waals surface area contributed by atoms with Gasteiger partial charge >= 0.3 is 0 Å². The first-order valence-corrected chi connectivity index (χ1v) is 9.29. The molecule has 1 amide bonds. The van der Waals surface area contributed by atoms with E-state index in [-0.39, 0.29) is 18.2 Å². The van der Waals surface area contributed by atoms with Gasteiger partial charge in [-0.1, -0.05) is 0 Å². The van der Waals surface area contributed by atoms with Gasteiger partial charge in [-0.05, 0) is 43.3 Å². The minimum atomic E-state index is -0.499. The zero-order chi connectivity index (χ0) is 19.9. The van der Waals surface area contributed by atoms with Gasteiger partial charge in [-0.2, -0.15) is 0 Å². The van der Waals surface area contributed by atoms with E-state index < -0.39 is 4.92 Å². The Morgan fingerprint density at radius 3 is 2.39 bits per heavy atom. The molecule has 3 aromatic rings. The molecule has 0 saturated heterocycles. The van der Waals surface area contributed by atoms with Gasteiger partial charge in [0.25, 0.3) is 11.6 Å². The zero-order valence-electron chi connectivity index (χ0n) is 15.0. The predicted molar refractivity (Wildman–Crippen MR) is 106 cm³/mol. The average molecular weight is 399 g/mol. The molecule has 0 aliphatic carbocycles. The van der Waals surface area contributed by atoms with Crippen molar-refractivity contribution in [2.45, 2.75) is 6.92 Å². The third-order valence-electron chi connectivity index (χ3n) is 3.63. The molecule has 0 unspecified atom stereocenters. The fourth-order valence-corrected chi connectivity index (χ4v) is 3.06. The number of anilines is 1. The van der Waals surface area contributed by atoms with Crippen molar-refractivity contribution in [3.63, 3.8) is 0 Å². The molecule has 1 aromatic heterocycles. The lowest BCUT2D eigenvalue weighted by Gasteiger charge is -2.05. The van der Waals surface area contributed by atoms with Crippen LogP contribution in [0, 0.1) is 10.1 Å². The maximum absolute atomic E-state index is 12.0. The predicted octanol–water partition coefficient (Wildman–Crippen LogP) is 4.13. The summed E-state index contributed by atoms with van der Waals surface area (Å²) in [5, 5.41) is 15.6. The highest BCUT2D eigenvalue weighted by Gasteiger charge is 2.10. The maximum atomic E-state index is 12.0. The molecule has 144 valence electrons. The Kier molecular flexibility index (Phi) is 6.18. The summed E-state index contributed by atoms with van der Waals surface area (Å²) in [6.45, 7) is 2.30. The van der Waals surface area contributed by atoms with Gasteiger partial charge in [0, 0.05) is 23.1 Å². The lowest BCUT2D eigenvalue weighted by atomic mass is 10.2. The fraction of sp³-hybridized carbons (Fsp3) is 0.158. The summed E-state index contributed by atoms with van der Waals surface area (Å²) in [5.41, 5.74) is 1.63. The molecule has 0 saturated carbocycles. The van der Waals surface area contributed by atoms with Crippen molar-refractivity contribution < 1.29 is 19.2 Å². The molecule has 3 rings (SSSR count). The Morgan fingerprint density at radius 2 is 1.75 bits per heavy atom. The van der Waals surface area contributed by atoms with Crippen LogP contribution >= 0.6 is 11.3 Å². The highest BCUT2D eigenvalue weighted by molar-refractivity contribution is 7.14. The van der Waals surface area contributed by atoms with Crippen molar-refractivity contribution in [2.75, 3.05) is 18.5 Å². The van der Waals surface area contributed by atoms with E-state index in [2.05, 4.69) is 10.3 Å². The number of non-ortho nitro benzene ring substituents is 1. The van der Waals surface area contributed by atoms with Gasteiger partial charge in [0.1, 0.15) is 11.5 Å². The molecule has 0 atom stereocenters. The van der Waals surface area contributed by atoms with Crippen LogP contribution in [0.2, 0.25) is 0 Å². The number of thiazole rings is 1. The van der Waals surface area contributed by atoms with E-state index in [4.69, 9.17) is 9.47 Å². The van der Waals surface area contributed by atoms with Gasteiger partial charge in [-0.25, -0.2) is 4.98 Å². The van der Waals surface area contributed by atoms with E-state index in [0.29, 0.717) is 17.5 Å². The Hall–Kier alpha value is -3.46. The number of benzene rings is 2. The summed E-state index contributed by atoms with van der Waals surface area (Å²) in [5.74, 6) is 0.791. The Balaban J connectivity index is 1.54. The quantitative estimate of drug-likeness (QED) is 0.451. The van der Waals surface area contributed by atoms with Crippen LogP contribution in [-0.4, -0.2) is 29.0 Å². The molecule has 0 spiro atoms. The number of nitro benzene ring substituents is 1. The van der Waals surface area contributed by atoms with E-state index >= 15 is 0 Å². The van der Waals surface area contributed by atoms with Crippen molar-refractivity contribution >= 4 is 28.1 Å². The molecule has 8 nitrogen and oxygen atoms in total. The number of nitro groups is 1. The minimum Gasteiger partial charge on any atom is -0.494 e. The number of amides is 1. The summed E-state index contributed by atoms with van der Waals surface area (Å²) < 4.78 is 10.7. The fourth-order valence-electron chi connectivity index (χ4n) is 2.32. The van der Waals surface area contributed by atoms with Gasteiger partial charge in [0.05, 0.1) is 17.2 Å². The Morgan fingerprint density at radius 1 is 1.11 bits per heavy atom. The van der Waals surface area contributed by atoms with Crippen LogP contribution in [0.25, 0.3) is 11.3 Å². The molecule has 0 aliphatic heterocycles. The smallest absolute Gasteiger partial charge is 0.269 e. The molecular formula is C19H17N3O5S. The third-order valence-corrected chi connectivity index (χ3v) is 4.39. The topological polar surface area (TPSA) is 104 Å². The maximum Gasteiger partial charge on any atom is 0.269 e. The number of carbonyl (C=O) groups excluding carboxylic acids is 1. The summed E-state index contributed by atoms with van der Waals surface area (Å²) in [6, 6.07) is 13.1. The highest BCUT2D eigenvalue weighted by atomic mass is 32.1. The van der Waals surface area contributed by atoms with Gasteiger partial charge in [-0.15, -0.1) is 11.3 Å². The van der Waals surface area contributed by atoms with E-state index in [9.17, 15) is 14.9 Å². The van der Waals surface area contributed by atoms with Crippen LogP contribution in [0.15, 0.2) is 53.9 Å². The number of hydrogen-bond donors (Lipinski definition) is 1. The SMILES string of the molecule is CCOc1ccc(-c2csc(NC(=O)COc3ccc([N+](=O)[O-])cc3)n2)cc1. The lowest BCUT2D eigenvalue weighted by molar-refractivity contribution is -0.384.